The summed E-state index contributed by atoms with van der Waals surface area (Å²) in [4.78, 5) is 20.6. The van der Waals surface area contributed by atoms with E-state index in [4.69, 9.17) is 5.11 Å². The number of aliphatic hydroxyl groups is 1. The van der Waals surface area contributed by atoms with Crippen LogP contribution in [0.4, 0.5) is 0 Å². The number of aromatic nitrogens is 2. The molecule has 2 N–H and O–H groups in total. The number of rotatable bonds is 3. The molecule has 5 nitrogen and oxygen atoms in total. The molecular formula is C15H15N3O2S. The van der Waals surface area contributed by atoms with Crippen molar-refractivity contribution in [2.24, 2.45) is 0 Å². The molecule has 1 atom stereocenters. The van der Waals surface area contributed by atoms with Crippen molar-refractivity contribution >= 4 is 17.2 Å². The molecule has 2 aromatic rings. The van der Waals surface area contributed by atoms with Gasteiger partial charge in [0.05, 0.1) is 17.2 Å². The number of nitrogens with zero attached hydrogens (tertiary/aromatic N) is 2. The Bertz CT molecular complexity index is 700. The number of hydrogen-bond acceptors (Lipinski definition) is 5. The minimum absolute atomic E-state index is 0.178. The highest BCUT2D eigenvalue weighted by molar-refractivity contribution is 7.09. The lowest BCUT2D eigenvalue weighted by atomic mass is 10.1. The van der Waals surface area contributed by atoms with Crippen molar-refractivity contribution in [2.45, 2.75) is 19.9 Å². The number of thiazole rings is 1. The van der Waals surface area contributed by atoms with Crippen molar-refractivity contribution < 1.29 is 9.90 Å². The minimum Gasteiger partial charge on any atom is -0.384 e. The molecule has 0 spiro atoms. The zero-order valence-corrected chi connectivity index (χ0v) is 12.6. The Morgan fingerprint density at radius 1 is 1.57 bits per heavy atom. The summed E-state index contributed by atoms with van der Waals surface area (Å²) in [6.45, 7) is 3.54. The molecule has 0 fully saturated rings. The van der Waals surface area contributed by atoms with Crippen LogP contribution in [0.15, 0.2) is 23.8 Å². The van der Waals surface area contributed by atoms with Gasteiger partial charge >= 0.3 is 0 Å². The molecular weight excluding hydrogens is 286 g/mol. The van der Waals surface area contributed by atoms with Crippen LogP contribution in [0.5, 0.6) is 0 Å². The van der Waals surface area contributed by atoms with Crippen molar-refractivity contribution in [3.05, 3.63) is 45.7 Å². The topological polar surface area (TPSA) is 75.1 Å². The van der Waals surface area contributed by atoms with E-state index in [1.165, 1.54) is 23.7 Å². The molecule has 108 valence electrons. The first-order valence-corrected chi connectivity index (χ1v) is 7.26. The van der Waals surface area contributed by atoms with E-state index in [-0.39, 0.29) is 18.6 Å². The predicted octanol–water partition coefficient (Wildman–Crippen LogP) is 1.68. The van der Waals surface area contributed by atoms with Crippen molar-refractivity contribution in [1.82, 2.24) is 15.3 Å². The minimum atomic E-state index is -0.259. The maximum atomic E-state index is 12.3. The van der Waals surface area contributed by atoms with Gasteiger partial charge in [-0.3, -0.25) is 9.78 Å². The molecule has 2 aromatic heterocycles. The van der Waals surface area contributed by atoms with Crippen molar-refractivity contribution in [3.8, 4) is 11.8 Å². The van der Waals surface area contributed by atoms with Gasteiger partial charge in [0, 0.05) is 23.5 Å². The Morgan fingerprint density at radius 3 is 3.05 bits per heavy atom. The maximum absolute atomic E-state index is 12.3. The van der Waals surface area contributed by atoms with Crippen LogP contribution in [0.3, 0.4) is 0 Å². The van der Waals surface area contributed by atoms with Gasteiger partial charge in [0.1, 0.15) is 11.6 Å². The SMILES string of the molecule is Cc1csc(C(C)NC(=O)c2ccncc2C#CCO)n1. The molecule has 0 radical (unpaired) electrons. The van der Waals surface area contributed by atoms with Crippen molar-refractivity contribution in [3.63, 3.8) is 0 Å². The first-order chi connectivity index (χ1) is 10.1. The zero-order chi connectivity index (χ0) is 15.2. The Hall–Kier alpha value is -2.23. The quantitative estimate of drug-likeness (QED) is 0.846. The molecule has 1 amide bonds. The molecule has 0 aliphatic carbocycles. The molecule has 2 rings (SSSR count). The van der Waals surface area contributed by atoms with E-state index in [1.54, 1.807) is 6.07 Å². The predicted molar refractivity (Wildman–Crippen MR) is 80.9 cm³/mol. The number of carbonyl (C=O) groups excluding carboxylic acids is 1. The van der Waals surface area contributed by atoms with Crippen LogP contribution in [0, 0.1) is 18.8 Å². The van der Waals surface area contributed by atoms with Crippen LogP contribution in [0.1, 0.15) is 39.6 Å². The van der Waals surface area contributed by atoms with E-state index in [9.17, 15) is 4.79 Å². The van der Waals surface area contributed by atoms with Gasteiger partial charge in [0.25, 0.3) is 5.91 Å². The Balaban J connectivity index is 2.17. The summed E-state index contributed by atoms with van der Waals surface area (Å²) in [6, 6.07) is 1.43. The molecule has 21 heavy (non-hydrogen) atoms. The highest BCUT2D eigenvalue weighted by atomic mass is 32.1. The normalized spacial score (nSPS) is 11.4. The number of nitrogens with one attached hydrogen (secondary N) is 1. The highest BCUT2D eigenvalue weighted by Gasteiger charge is 2.16. The number of aryl methyl sites for hydroxylation is 1. The smallest absolute Gasteiger partial charge is 0.253 e. The van der Waals surface area contributed by atoms with E-state index < -0.39 is 0 Å². The van der Waals surface area contributed by atoms with Gasteiger partial charge in [-0.2, -0.15) is 0 Å². The van der Waals surface area contributed by atoms with Gasteiger partial charge < -0.3 is 10.4 Å². The summed E-state index contributed by atoms with van der Waals surface area (Å²) in [5, 5.41) is 14.5. The average molecular weight is 301 g/mol. The molecule has 6 heteroatoms. The van der Waals surface area contributed by atoms with Crippen molar-refractivity contribution in [1.29, 1.82) is 0 Å². The van der Waals surface area contributed by atoms with E-state index in [2.05, 4.69) is 27.1 Å². The number of carbonyl (C=O) groups is 1. The first-order valence-electron chi connectivity index (χ1n) is 6.38. The molecule has 0 saturated heterocycles. The lowest BCUT2D eigenvalue weighted by Crippen LogP contribution is -2.27. The molecule has 1 unspecified atom stereocenters. The Morgan fingerprint density at radius 2 is 2.38 bits per heavy atom. The summed E-state index contributed by atoms with van der Waals surface area (Å²) in [5.74, 6) is 5.01. The third-order valence-electron chi connectivity index (χ3n) is 2.72. The van der Waals surface area contributed by atoms with Gasteiger partial charge in [-0.05, 0) is 19.9 Å². The number of aliphatic hydroxyl groups excluding tert-OH is 1. The van der Waals surface area contributed by atoms with E-state index in [0.717, 1.165) is 10.7 Å². The maximum Gasteiger partial charge on any atom is 0.253 e. The monoisotopic (exact) mass is 301 g/mol. The summed E-state index contributed by atoms with van der Waals surface area (Å²) in [5.41, 5.74) is 1.87. The van der Waals surface area contributed by atoms with Crippen LogP contribution in [-0.2, 0) is 0 Å². The van der Waals surface area contributed by atoms with Crippen LogP contribution >= 0.6 is 11.3 Å². The van der Waals surface area contributed by atoms with Gasteiger partial charge in [-0.25, -0.2) is 4.98 Å². The van der Waals surface area contributed by atoms with E-state index in [1.807, 2.05) is 19.2 Å². The summed E-state index contributed by atoms with van der Waals surface area (Å²) in [7, 11) is 0. The lowest BCUT2D eigenvalue weighted by Gasteiger charge is -2.12. The molecule has 0 bridgehead atoms. The largest absolute Gasteiger partial charge is 0.384 e. The second kappa shape index (κ2) is 6.97. The fourth-order valence-electron chi connectivity index (χ4n) is 1.73. The average Bonchev–Trinajstić information content (AvgIpc) is 2.92. The standard InChI is InChI=1S/C15H15N3O2S/c1-10-9-21-15(17-10)11(2)18-14(20)13-5-6-16-8-12(13)4-3-7-19/h5-6,8-9,11,19H,7H2,1-2H3,(H,18,20). The van der Waals surface area contributed by atoms with Crippen LogP contribution < -0.4 is 5.32 Å². The lowest BCUT2D eigenvalue weighted by molar-refractivity contribution is 0.0939. The van der Waals surface area contributed by atoms with Crippen LogP contribution in [0.2, 0.25) is 0 Å². The third kappa shape index (κ3) is 3.88. The summed E-state index contributed by atoms with van der Waals surface area (Å²) in [6.07, 6.45) is 3.05. The van der Waals surface area contributed by atoms with Gasteiger partial charge in [-0.1, -0.05) is 11.8 Å². The number of hydrogen-bond donors (Lipinski definition) is 2. The van der Waals surface area contributed by atoms with Gasteiger partial charge in [0.2, 0.25) is 0 Å². The molecule has 0 aliphatic heterocycles. The second-order valence-corrected chi connectivity index (χ2v) is 5.29. The number of pyridine rings is 1. The van der Waals surface area contributed by atoms with E-state index in [0.29, 0.717) is 11.1 Å². The first kappa shape index (κ1) is 15.2. The van der Waals surface area contributed by atoms with Crippen molar-refractivity contribution in [2.75, 3.05) is 6.61 Å². The second-order valence-electron chi connectivity index (χ2n) is 4.40. The molecule has 0 aliphatic rings. The molecule has 0 aromatic carbocycles. The Labute approximate surface area is 127 Å². The third-order valence-corrected chi connectivity index (χ3v) is 3.87. The van der Waals surface area contributed by atoms with Crippen LogP contribution in [-0.4, -0.2) is 27.6 Å². The number of amides is 1. The van der Waals surface area contributed by atoms with Crippen LogP contribution in [0.25, 0.3) is 0 Å². The summed E-state index contributed by atoms with van der Waals surface area (Å²) < 4.78 is 0. The zero-order valence-electron chi connectivity index (χ0n) is 11.8. The highest BCUT2D eigenvalue weighted by Crippen LogP contribution is 2.18. The van der Waals surface area contributed by atoms with Gasteiger partial charge in [-0.15, -0.1) is 11.3 Å². The fraction of sp³-hybridized carbons (Fsp3) is 0.267. The Kier molecular flexibility index (Phi) is 5.04. The molecule has 2 heterocycles. The van der Waals surface area contributed by atoms with E-state index >= 15 is 0 Å². The van der Waals surface area contributed by atoms with Gasteiger partial charge in [0.15, 0.2) is 0 Å². The fourth-order valence-corrected chi connectivity index (χ4v) is 2.54. The summed E-state index contributed by atoms with van der Waals surface area (Å²) >= 11 is 1.51. The molecule has 0 saturated carbocycles.